The molecule has 0 atom stereocenters. The van der Waals surface area contributed by atoms with Crippen molar-refractivity contribution in [1.29, 1.82) is 0 Å². The second kappa shape index (κ2) is 30.5. The maximum Gasteiger partial charge on any atom is 4.00 e. The number of rotatable bonds is 6. The molecule has 1 fully saturated rings. The number of hydrogen-bond acceptors (Lipinski definition) is 1. The molecule has 0 N–H and O–H groups in total. The third-order valence-electron chi connectivity index (χ3n) is 3.96. The first-order valence-corrected chi connectivity index (χ1v) is 9.47. The van der Waals surface area contributed by atoms with Crippen LogP contribution in [-0.2, 0) is 30.9 Å². The van der Waals surface area contributed by atoms with Crippen molar-refractivity contribution in [2.75, 3.05) is 13.2 Å². The van der Waals surface area contributed by atoms with E-state index in [1.165, 1.54) is 62.5 Å². The van der Waals surface area contributed by atoms with E-state index in [2.05, 4.69) is 50.3 Å². The number of hydrogen-bond donors (Lipinski definition) is 0. The summed E-state index contributed by atoms with van der Waals surface area (Å²) in [4.78, 5) is 0. The topological polar surface area (TPSA) is 9.23 Å². The number of halogens is 3. The minimum atomic E-state index is 0. The van der Waals surface area contributed by atoms with Crippen molar-refractivity contribution < 1.29 is 87.0 Å². The van der Waals surface area contributed by atoms with Crippen LogP contribution in [0.3, 0.4) is 0 Å². The zero-order chi connectivity index (χ0) is 16.6. The minimum absolute atomic E-state index is 0. The first-order valence-electron chi connectivity index (χ1n) is 9.47. The van der Waals surface area contributed by atoms with E-state index in [0.29, 0.717) is 0 Å². The molecule has 6 heteroatoms. The molecule has 1 saturated heterocycles. The van der Waals surface area contributed by atoms with Crippen LogP contribution in [0.25, 0.3) is 0 Å². The zero-order valence-electron chi connectivity index (χ0n) is 17.8. The summed E-state index contributed by atoms with van der Waals surface area (Å²) in [7, 11) is 0. The van der Waals surface area contributed by atoms with Crippen molar-refractivity contribution in [2.24, 2.45) is 0 Å². The molecule has 0 unspecified atom stereocenters. The van der Waals surface area contributed by atoms with Gasteiger partial charge in [-0.05, 0) is 12.8 Å². The average molecular weight is 519 g/mol. The number of allylic oxidation sites excluding steroid dienone is 8. The van der Waals surface area contributed by atoms with Gasteiger partial charge in [0.25, 0.3) is 0 Å². The predicted molar refractivity (Wildman–Crippen MR) is 100 cm³/mol. The molecule has 28 heavy (non-hydrogen) atoms. The van der Waals surface area contributed by atoms with Crippen LogP contribution >= 0.6 is 0 Å². The van der Waals surface area contributed by atoms with Crippen LogP contribution in [0.5, 0.6) is 0 Å². The van der Waals surface area contributed by atoms with E-state index in [1.807, 2.05) is 0 Å². The molecule has 0 radical (unpaired) electrons. The summed E-state index contributed by atoms with van der Waals surface area (Å²) in [6, 6.07) is 0. The Hall–Kier alpha value is 1.27. The standard InChI is InChI=1S/2C9H13.C4H8O.3ClH.Li.Zr/c2*1-2-3-6-9-7-4-5-8-9;1-2-4-5-3-1;;;;;/h2*4,7H,2-3,5-6H2,1H3;1-4H2;3*1H;;/q2*-1;;;;;+1;+4/p-3. The van der Waals surface area contributed by atoms with Gasteiger partial charge in [-0.2, -0.15) is 12.2 Å². The van der Waals surface area contributed by atoms with Crippen LogP contribution in [0.4, 0.5) is 0 Å². The van der Waals surface area contributed by atoms with E-state index in [4.69, 9.17) is 4.74 Å². The Bertz CT molecular complexity index is 378. The molecule has 3 aliphatic rings. The van der Waals surface area contributed by atoms with Gasteiger partial charge in [0.1, 0.15) is 0 Å². The quantitative estimate of drug-likeness (QED) is 0.252. The fourth-order valence-corrected chi connectivity index (χ4v) is 2.49. The molecule has 2 aliphatic carbocycles. The van der Waals surface area contributed by atoms with Crippen molar-refractivity contribution in [3.63, 3.8) is 0 Å². The molecule has 0 saturated carbocycles. The third kappa shape index (κ3) is 23.5. The Kier molecular flexibility index (Phi) is 43.2. The largest absolute Gasteiger partial charge is 4.00 e. The van der Waals surface area contributed by atoms with Gasteiger partial charge in [0.15, 0.2) is 0 Å². The van der Waals surface area contributed by atoms with Gasteiger partial charge < -0.3 is 42.0 Å². The summed E-state index contributed by atoms with van der Waals surface area (Å²) in [6.45, 7) is 6.44. The second-order valence-corrected chi connectivity index (χ2v) is 6.14. The Labute approximate surface area is 224 Å². The van der Waals surface area contributed by atoms with Gasteiger partial charge in [-0.25, -0.2) is 23.3 Å². The Morgan fingerprint density at radius 3 is 1.39 bits per heavy atom. The van der Waals surface area contributed by atoms with Gasteiger partial charge in [0.2, 0.25) is 0 Å². The fourth-order valence-electron chi connectivity index (χ4n) is 2.49. The van der Waals surface area contributed by atoms with E-state index < -0.39 is 0 Å². The molecule has 1 nitrogen and oxygen atoms in total. The van der Waals surface area contributed by atoms with Crippen LogP contribution in [0.15, 0.2) is 35.5 Å². The molecule has 3 rings (SSSR count). The normalized spacial score (nSPS) is 14.8. The van der Waals surface area contributed by atoms with Crippen LogP contribution in [0, 0.1) is 12.2 Å². The Morgan fingerprint density at radius 2 is 1.18 bits per heavy atom. The first kappa shape index (κ1) is 39.7. The average Bonchev–Trinajstić information content (AvgIpc) is 3.36. The molecule has 0 aromatic carbocycles. The SMILES string of the molecule is C1CCOC1.CCCCC1=[C-]CC=C1.CCCCC1=[C-]CC=C1.[Cl-].[Cl-].[Cl-].[Li+].[Zr+4]. The summed E-state index contributed by atoms with van der Waals surface area (Å²) in [6.07, 6.45) is 27.6. The molecular formula is C22H34Cl3LiOZr. The first-order chi connectivity index (χ1) is 11.4. The third-order valence-corrected chi connectivity index (χ3v) is 3.96. The van der Waals surface area contributed by atoms with Gasteiger partial charge >= 0.3 is 45.1 Å². The summed E-state index contributed by atoms with van der Waals surface area (Å²) in [5.74, 6) is 0. The Morgan fingerprint density at radius 1 is 0.786 bits per heavy atom. The van der Waals surface area contributed by atoms with Crippen LogP contribution in [0.2, 0.25) is 0 Å². The van der Waals surface area contributed by atoms with Gasteiger partial charge in [0, 0.05) is 13.2 Å². The molecule has 1 aliphatic heterocycles. The molecule has 0 amide bonds. The molecule has 154 valence electrons. The molecule has 0 bridgehead atoms. The smallest absolute Gasteiger partial charge is 1.00 e. The van der Waals surface area contributed by atoms with Crippen molar-refractivity contribution in [3.05, 3.63) is 47.6 Å². The summed E-state index contributed by atoms with van der Waals surface area (Å²) < 4.78 is 4.94. The van der Waals surface area contributed by atoms with Crippen molar-refractivity contribution in [3.8, 4) is 0 Å². The molecule has 1 heterocycles. The summed E-state index contributed by atoms with van der Waals surface area (Å²) in [5.41, 5.74) is 2.83. The maximum absolute atomic E-state index is 4.94. The Balaban J connectivity index is -0.0000000893. The van der Waals surface area contributed by atoms with Crippen LogP contribution < -0.4 is 56.1 Å². The van der Waals surface area contributed by atoms with E-state index >= 15 is 0 Å². The second-order valence-electron chi connectivity index (χ2n) is 6.14. The fraction of sp³-hybridized carbons (Fsp3) is 0.636. The molecular weight excluding hydrogens is 485 g/mol. The van der Waals surface area contributed by atoms with E-state index in [9.17, 15) is 0 Å². The molecule has 0 aromatic heterocycles. The maximum atomic E-state index is 4.94. The van der Waals surface area contributed by atoms with Crippen LogP contribution in [0.1, 0.15) is 78.1 Å². The zero-order valence-corrected chi connectivity index (χ0v) is 22.6. The monoisotopic (exact) mass is 516 g/mol. The van der Waals surface area contributed by atoms with Crippen molar-refractivity contribution in [1.82, 2.24) is 0 Å². The van der Waals surface area contributed by atoms with E-state index in [-0.39, 0.29) is 82.3 Å². The van der Waals surface area contributed by atoms with Gasteiger partial charge in [0.05, 0.1) is 0 Å². The minimum Gasteiger partial charge on any atom is -1.00 e. The summed E-state index contributed by atoms with van der Waals surface area (Å²) in [5, 5.41) is 0. The molecule has 0 spiro atoms. The molecule has 0 aromatic rings. The summed E-state index contributed by atoms with van der Waals surface area (Å²) >= 11 is 0. The number of unbranched alkanes of at least 4 members (excludes halogenated alkanes) is 2. The van der Waals surface area contributed by atoms with E-state index in [1.54, 1.807) is 0 Å². The van der Waals surface area contributed by atoms with Gasteiger partial charge in [-0.3, -0.25) is 12.2 Å². The van der Waals surface area contributed by atoms with Crippen molar-refractivity contribution in [2.45, 2.75) is 78.1 Å². The van der Waals surface area contributed by atoms with Gasteiger partial charge in [-0.1, -0.05) is 52.4 Å². The van der Waals surface area contributed by atoms with Gasteiger partial charge in [-0.15, -0.1) is 12.8 Å². The number of ether oxygens (including phenoxy) is 1. The van der Waals surface area contributed by atoms with E-state index in [0.717, 1.165) is 26.1 Å². The predicted octanol–water partition coefficient (Wildman–Crippen LogP) is -5.46. The van der Waals surface area contributed by atoms with Crippen LogP contribution in [-0.4, -0.2) is 13.2 Å². The van der Waals surface area contributed by atoms with Crippen molar-refractivity contribution >= 4 is 0 Å².